The molecule has 1 aromatic heterocycles. The van der Waals surface area contributed by atoms with Gasteiger partial charge in [0.25, 0.3) is 0 Å². The van der Waals surface area contributed by atoms with Gasteiger partial charge in [0.05, 0.1) is 5.75 Å². The Morgan fingerprint density at radius 1 is 1.00 bits per heavy atom. The van der Waals surface area contributed by atoms with Crippen LogP contribution in [0.5, 0.6) is 0 Å². The van der Waals surface area contributed by atoms with Crippen LogP contribution in [0.4, 0.5) is 0 Å². The van der Waals surface area contributed by atoms with E-state index in [0.29, 0.717) is 0 Å². The quantitative estimate of drug-likeness (QED) is 0.827. The molecule has 138 valence electrons. The Kier molecular flexibility index (Phi) is 3.58. The molecule has 6 rings (SSSR count). The molecule has 0 amide bonds. The fraction of sp³-hybridized carbons (Fsp3) is 0.600. The summed E-state index contributed by atoms with van der Waals surface area (Å²) in [6.07, 6.45) is 7.54. The van der Waals surface area contributed by atoms with Crippen LogP contribution in [0.2, 0.25) is 0 Å². The molecule has 0 saturated heterocycles. The van der Waals surface area contributed by atoms with Gasteiger partial charge in [0.2, 0.25) is 15.0 Å². The van der Waals surface area contributed by atoms with Crippen LogP contribution in [0.15, 0.2) is 35.5 Å². The molecule has 0 radical (unpaired) electrons. The topological polar surface area (TPSA) is 64.8 Å². The number of benzene rings is 1. The van der Waals surface area contributed by atoms with Crippen LogP contribution in [-0.4, -0.2) is 23.2 Å². The van der Waals surface area contributed by atoms with Crippen molar-refractivity contribution in [1.82, 2.24) is 14.8 Å². The lowest BCUT2D eigenvalue weighted by Gasteiger charge is -2.56. The fourth-order valence-electron chi connectivity index (χ4n) is 6.29. The molecule has 0 N–H and O–H groups in total. The Morgan fingerprint density at radius 2 is 1.58 bits per heavy atom. The van der Waals surface area contributed by atoms with Crippen LogP contribution in [0.25, 0.3) is 0 Å². The third-order valence-electron chi connectivity index (χ3n) is 6.83. The molecule has 0 spiro atoms. The number of nitrogens with zero attached hydrogens (tertiary/aromatic N) is 3. The van der Waals surface area contributed by atoms with Gasteiger partial charge < -0.3 is 4.57 Å². The molecular weight excluding hydrogens is 346 g/mol. The van der Waals surface area contributed by atoms with Crippen molar-refractivity contribution < 1.29 is 8.42 Å². The summed E-state index contributed by atoms with van der Waals surface area (Å²) in [5, 5.41) is 8.73. The van der Waals surface area contributed by atoms with E-state index in [4.69, 9.17) is 0 Å². The van der Waals surface area contributed by atoms with E-state index in [2.05, 4.69) is 10.2 Å². The minimum absolute atomic E-state index is 0.0271. The summed E-state index contributed by atoms with van der Waals surface area (Å²) in [6, 6.07) is 9.30. The number of rotatable bonds is 4. The van der Waals surface area contributed by atoms with Gasteiger partial charge in [-0.05, 0) is 61.8 Å². The summed E-state index contributed by atoms with van der Waals surface area (Å²) < 4.78 is 27.7. The van der Waals surface area contributed by atoms with E-state index in [-0.39, 0.29) is 16.3 Å². The molecule has 4 saturated carbocycles. The molecule has 4 aliphatic carbocycles. The van der Waals surface area contributed by atoms with Crippen molar-refractivity contribution in [2.45, 2.75) is 54.8 Å². The van der Waals surface area contributed by atoms with Gasteiger partial charge in [0.15, 0.2) is 0 Å². The lowest BCUT2D eigenvalue weighted by molar-refractivity contribution is -0.0109. The van der Waals surface area contributed by atoms with E-state index in [9.17, 15) is 8.42 Å². The van der Waals surface area contributed by atoms with Crippen LogP contribution in [-0.2, 0) is 28.1 Å². The summed E-state index contributed by atoms with van der Waals surface area (Å²) in [4.78, 5) is 0. The molecule has 5 nitrogen and oxygen atoms in total. The summed E-state index contributed by atoms with van der Waals surface area (Å²) in [5.74, 6) is 3.26. The number of hydrogen-bond acceptors (Lipinski definition) is 4. The Hall–Kier alpha value is -1.69. The average molecular weight is 372 g/mol. The second-order valence-corrected chi connectivity index (χ2v) is 10.7. The lowest BCUT2D eigenvalue weighted by atomic mass is 9.49. The highest BCUT2D eigenvalue weighted by Gasteiger charge is 2.54. The van der Waals surface area contributed by atoms with E-state index >= 15 is 0 Å². The molecule has 1 heterocycles. The second kappa shape index (κ2) is 5.65. The first-order valence-electron chi connectivity index (χ1n) is 9.62. The molecule has 26 heavy (non-hydrogen) atoms. The summed E-state index contributed by atoms with van der Waals surface area (Å²) in [6.45, 7) is 0. The fourth-order valence-corrected chi connectivity index (χ4v) is 7.72. The molecule has 1 aromatic carbocycles. The normalized spacial score (nSPS) is 32.9. The molecule has 2 aromatic rings. The zero-order chi connectivity index (χ0) is 17.9. The van der Waals surface area contributed by atoms with Crippen molar-refractivity contribution in [2.75, 3.05) is 0 Å². The Labute approximate surface area is 154 Å². The van der Waals surface area contributed by atoms with Crippen LogP contribution in [0.1, 0.15) is 49.9 Å². The highest BCUT2D eigenvalue weighted by atomic mass is 32.2. The van der Waals surface area contributed by atoms with E-state index < -0.39 is 9.84 Å². The third-order valence-corrected chi connectivity index (χ3v) is 8.45. The predicted molar refractivity (Wildman–Crippen MR) is 98.2 cm³/mol. The Morgan fingerprint density at radius 3 is 2.15 bits per heavy atom. The van der Waals surface area contributed by atoms with Crippen LogP contribution < -0.4 is 0 Å². The number of sulfone groups is 1. The van der Waals surface area contributed by atoms with Crippen molar-refractivity contribution in [3.63, 3.8) is 0 Å². The van der Waals surface area contributed by atoms with Crippen molar-refractivity contribution in [3.05, 3.63) is 41.7 Å². The molecule has 4 bridgehead atoms. The van der Waals surface area contributed by atoms with Crippen LogP contribution in [0, 0.1) is 17.8 Å². The highest BCUT2D eigenvalue weighted by Crippen LogP contribution is 2.60. The van der Waals surface area contributed by atoms with Crippen molar-refractivity contribution >= 4 is 9.84 Å². The van der Waals surface area contributed by atoms with Crippen molar-refractivity contribution in [2.24, 2.45) is 24.8 Å². The van der Waals surface area contributed by atoms with Gasteiger partial charge in [0.1, 0.15) is 5.82 Å². The summed E-state index contributed by atoms with van der Waals surface area (Å²) >= 11 is 0. The van der Waals surface area contributed by atoms with E-state index in [0.717, 1.165) is 48.4 Å². The largest absolute Gasteiger partial charge is 0.305 e. The molecule has 0 aliphatic heterocycles. The maximum Gasteiger partial charge on any atom is 0.249 e. The first-order chi connectivity index (χ1) is 12.5. The maximum atomic E-state index is 12.9. The Balaban J connectivity index is 1.49. The smallest absolute Gasteiger partial charge is 0.249 e. The minimum Gasteiger partial charge on any atom is -0.305 e. The van der Waals surface area contributed by atoms with E-state index in [1.54, 1.807) is 4.57 Å². The SMILES string of the molecule is Cn1c(C23CC4CC(CC(C4)C2)C3)nnc1S(=O)(=O)Cc1ccccc1. The maximum absolute atomic E-state index is 12.9. The molecular formula is C20H25N3O2S. The van der Waals surface area contributed by atoms with Crippen molar-refractivity contribution in [1.29, 1.82) is 0 Å². The van der Waals surface area contributed by atoms with Gasteiger partial charge in [-0.3, -0.25) is 0 Å². The van der Waals surface area contributed by atoms with E-state index in [1.165, 1.54) is 19.3 Å². The molecule has 6 heteroatoms. The second-order valence-electron chi connectivity index (χ2n) is 8.81. The molecule has 0 unspecified atom stereocenters. The average Bonchev–Trinajstić information content (AvgIpc) is 2.97. The van der Waals surface area contributed by atoms with Crippen LogP contribution in [0.3, 0.4) is 0 Å². The zero-order valence-corrected chi connectivity index (χ0v) is 16.0. The molecule has 4 aliphatic rings. The van der Waals surface area contributed by atoms with Crippen molar-refractivity contribution in [3.8, 4) is 0 Å². The van der Waals surface area contributed by atoms with Gasteiger partial charge >= 0.3 is 0 Å². The first kappa shape index (κ1) is 16.5. The monoisotopic (exact) mass is 371 g/mol. The number of aromatic nitrogens is 3. The van der Waals surface area contributed by atoms with Gasteiger partial charge in [-0.15, -0.1) is 10.2 Å². The van der Waals surface area contributed by atoms with Gasteiger partial charge in [-0.25, -0.2) is 8.42 Å². The summed E-state index contributed by atoms with van der Waals surface area (Å²) in [7, 11) is -1.67. The zero-order valence-electron chi connectivity index (χ0n) is 15.1. The predicted octanol–water partition coefficient (Wildman–Crippen LogP) is 3.26. The van der Waals surface area contributed by atoms with Crippen LogP contribution >= 0.6 is 0 Å². The van der Waals surface area contributed by atoms with Gasteiger partial charge in [-0.1, -0.05) is 30.3 Å². The minimum atomic E-state index is -3.51. The Bertz CT molecular complexity index is 898. The highest BCUT2D eigenvalue weighted by molar-refractivity contribution is 7.90. The standard InChI is InChI=1S/C20H25N3O2S/c1-23-18(20-10-15-7-16(11-20)9-17(8-15)12-20)21-22-19(23)26(24,25)13-14-5-3-2-4-6-14/h2-6,15-17H,7-13H2,1H3. The van der Waals surface area contributed by atoms with Gasteiger partial charge in [-0.2, -0.15) is 0 Å². The lowest BCUT2D eigenvalue weighted by Crippen LogP contribution is -2.49. The first-order valence-corrected chi connectivity index (χ1v) is 11.3. The van der Waals surface area contributed by atoms with E-state index in [1.807, 2.05) is 37.4 Å². The van der Waals surface area contributed by atoms with Gasteiger partial charge in [0, 0.05) is 12.5 Å². The third kappa shape index (κ3) is 2.53. The molecule has 0 atom stereocenters. The number of hydrogen-bond donors (Lipinski definition) is 0. The molecule has 4 fully saturated rings. The summed E-state index contributed by atoms with van der Waals surface area (Å²) in [5.41, 5.74) is 0.837.